The molecule has 2 aromatic carbocycles. The van der Waals surface area contributed by atoms with Crippen LogP contribution in [0.5, 0.6) is 5.75 Å². The largest absolute Gasteiger partial charge is 0.494 e. The number of nitrogens with one attached hydrogen (secondary N) is 3. The fourth-order valence-electron chi connectivity index (χ4n) is 2.54. The molecule has 2 amide bonds. The minimum Gasteiger partial charge on any atom is -0.494 e. The lowest BCUT2D eigenvalue weighted by molar-refractivity contribution is -0.885. The molecule has 27 heavy (non-hydrogen) atoms. The van der Waals surface area contributed by atoms with Crippen LogP contribution < -0.4 is 20.3 Å². The van der Waals surface area contributed by atoms with E-state index >= 15 is 0 Å². The number of likely N-dealkylation sites (N-methyl/N-ethyl adjacent to an activating group) is 1. The quantitative estimate of drug-likeness (QED) is 0.613. The van der Waals surface area contributed by atoms with Gasteiger partial charge in [0.25, 0.3) is 5.91 Å². The normalized spacial score (nSPS) is 11.5. The van der Waals surface area contributed by atoms with Gasteiger partial charge < -0.3 is 20.3 Å². The molecule has 1 unspecified atom stereocenters. The van der Waals surface area contributed by atoms with E-state index in [0.29, 0.717) is 18.8 Å². The van der Waals surface area contributed by atoms with Crippen LogP contribution in [0.1, 0.15) is 12.5 Å². The van der Waals surface area contributed by atoms with Crippen LogP contribution in [0, 0.1) is 5.82 Å². The first-order chi connectivity index (χ1) is 13.0. The lowest BCUT2D eigenvalue weighted by Crippen LogP contribution is -3.08. The number of halogens is 1. The summed E-state index contributed by atoms with van der Waals surface area (Å²) in [6.07, 6.45) is 0. The van der Waals surface area contributed by atoms with Gasteiger partial charge in [0.2, 0.25) is 5.91 Å². The zero-order valence-electron chi connectivity index (χ0n) is 15.5. The Morgan fingerprint density at radius 3 is 2.33 bits per heavy atom. The minimum absolute atomic E-state index is 0.132. The third-order valence-corrected chi connectivity index (χ3v) is 3.78. The summed E-state index contributed by atoms with van der Waals surface area (Å²) in [5.41, 5.74) is 1.58. The highest BCUT2D eigenvalue weighted by Gasteiger charge is 2.12. The second-order valence-electron chi connectivity index (χ2n) is 6.22. The van der Waals surface area contributed by atoms with Crippen LogP contribution >= 0.6 is 0 Å². The summed E-state index contributed by atoms with van der Waals surface area (Å²) < 4.78 is 18.2. The van der Waals surface area contributed by atoms with Crippen molar-refractivity contribution in [3.63, 3.8) is 0 Å². The Morgan fingerprint density at radius 1 is 1.04 bits per heavy atom. The van der Waals surface area contributed by atoms with Crippen LogP contribution in [0.25, 0.3) is 0 Å². The van der Waals surface area contributed by atoms with Crippen molar-refractivity contribution in [1.82, 2.24) is 5.32 Å². The zero-order valence-corrected chi connectivity index (χ0v) is 15.5. The fraction of sp³-hybridized carbons (Fsp3) is 0.300. The summed E-state index contributed by atoms with van der Waals surface area (Å²) in [6.45, 7) is 3.36. The summed E-state index contributed by atoms with van der Waals surface area (Å²) >= 11 is 0. The van der Waals surface area contributed by atoms with Crippen LogP contribution in [0.4, 0.5) is 10.1 Å². The third-order valence-electron chi connectivity index (χ3n) is 3.78. The zero-order chi connectivity index (χ0) is 19.6. The molecule has 0 fully saturated rings. The lowest BCUT2D eigenvalue weighted by Gasteiger charge is -2.14. The first-order valence-electron chi connectivity index (χ1n) is 8.81. The monoisotopic (exact) mass is 374 g/mol. The van der Waals surface area contributed by atoms with Crippen molar-refractivity contribution in [2.45, 2.75) is 13.5 Å². The summed E-state index contributed by atoms with van der Waals surface area (Å²) in [6, 6.07) is 13.2. The number of carbonyl (C=O) groups excluding carboxylic acids is 2. The number of rotatable bonds is 9. The van der Waals surface area contributed by atoms with Gasteiger partial charge in [0.15, 0.2) is 6.54 Å². The molecule has 0 aromatic heterocycles. The smallest absolute Gasteiger partial charge is 0.275 e. The maximum atomic E-state index is 12.8. The number of anilines is 1. The van der Waals surface area contributed by atoms with Gasteiger partial charge in [0, 0.05) is 11.3 Å². The van der Waals surface area contributed by atoms with Crippen molar-refractivity contribution in [2.75, 3.05) is 32.1 Å². The topological polar surface area (TPSA) is 71.9 Å². The average molecular weight is 374 g/mol. The molecule has 0 spiro atoms. The predicted molar refractivity (Wildman–Crippen MR) is 101 cm³/mol. The maximum Gasteiger partial charge on any atom is 0.275 e. The molecule has 0 saturated heterocycles. The first-order valence-corrected chi connectivity index (χ1v) is 8.81. The van der Waals surface area contributed by atoms with Crippen molar-refractivity contribution < 1.29 is 23.6 Å². The second kappa shape index (κ2) is 10.3. The Balaban J connectivity index is 1.71. The van der Waals surface area contributed by atoms with Gasteiger partial charge in [-0.2, -0.15) is 0 Å². The number of carbonyl (C=O) groups is 2. The van der Waals surface area contributed by atoms with Crippen LogP contribution in [0.2, 0.25) is 0 Å². The molecule has 0 bridgehead atoms. The molecule has 0 aliphatic rings. The highest BCUT2D eigenvalue weighted by atomic mass is 19.1. The van der Waals surface area contributed by atoms with Gasteiger partial charge in [-0.1, -0.05) is 0 Å². The van der Waals surface area contributed by atoms with Crippen molar-refractivity contribution in [3.8, 4) is 5.75 Å². The van der Waals surface area contributed by atoms with Crippen molar-refractivity contribution in [2.24, 2.45) is 0 Å². The Hall–Kier alpha value is -2.93. The number of hydrogen-bond donors (Lipinski definition) is 3. The van der Waals surface area contributed by atoms with Gasteiger partial charge in [-0.15, -0.1) is 0 Å². The van der Waals surface area contributed by atoms with Gasteiger partial charge in [-0.25, -0.2) is 4.39 Å². The molecule has 3 N–H and O–H groups in total. The number of ether oxygens (including phenoxy) is 1. The summed E-state index contributed by atoms with van der Waals surface area (Å²) in [5, 5.41) is 5.18. The minimum atomic E-state index is -0.375. The Bertz CT molecular complexity index is 748. The summed E-state index contributed by atoms with van der Waals surface area (Å²) in [4.78, 5) is 24.8. The molecule has 7 heteroatoms. The van der Waals surface area contributed by atoms with E-state index in [1.807, 2.05) is 38.2 Å². The molecular formula is C20H25FN3O3+. The standard InChI is InChI=1S/C20H24FN3O3/c1-3-27-18-10-4-15(5-11-18)13-24(2)14-20(26)22-12-19(25)23-17-8-6-16(21)7-9-17/h4-11H,3,12-14H2,1-2H3,(H,22,26)(H,23,25)/p+1. The third kappa shape index (κ3) is 7.45. The van der Waals surface area contributed by atoms with Crippen LogP contribution in [0.3, 0.4) is 0 Å². The van der Waals surface area contributed by atoms with Crippen LogP contribution in [-0.2, 0) is 16.1 Å². The highest BCUT2D eigenvalue weighted by molar-refractivity contribution is 5.94. The Labute approximate surface area is 158 Å². The van der Waals surface area contributed by atoms with E-state index in [1.165, 1.54) is 24.3 Å². The van der Waals surface area contributed by atoms with Gasteiger partial charge in [0.05, 0.1) is 20.2 Å². The van der Waals surface area contributed by atoms with Crippen LogP contribution in [0.15, 0.2) is 48.5 Å². The molecule has 0 aliphatic carbocycles. The molecule has 0 radical (unpaired) electrons. The van der Waals surface area contributed by atoms with Gasteiger partial charge in [0.1, 0.15) is 18.1 Å². The summed E-state index contributed by atoms with van der Waals surface area (Å²) in [7, 11) is 1.91. The van der Waals surface area contributed by atoms with Crippen LogP contribution in [-0.4, -0.2) is 38.6 Å². The number of quaternary nitrogens is 1. The molecule has 144 valence electrons. The first kappa shape index (κ1) is 20.4. The van der Waals surface area contributed by atoms with Gasteiger partial charge >= 0.3 is 0 Å². The Kier molecular flexibility index (Phi) is 7.76. The molecule has 0 heterocycles. The second-order valence-corrected chi connectivity index (χ2v) is 6.22. The SMILES string of the molecule is CCOc1ccc(C[NH+](C)CC(=O)NCC(=O)Nc2ccc(F)cc2)cc1. The Morgan fingerprint density at radius 2 is 1.70 bits per heavy atom. The molecule has 2 rings (SSSR count). The molecule has 2 aromatic rings. The average Bonchev–Trinajstić information content (AvgIpc) is 2.64. The number of hydrogen-bond acceptors (Lipinski definition) is 3. The van der Waals surface area contributed by atoms with E-state index in [4.69, 9.17) is 4.74 Å². The number of amides is 2. The maximum absolute atomic E-state index is 12.8. The number of benzene rings is 2. The summed E-state index contributed by atoms with van der Waals surface area (Å²) in [5.74, 6) is -0.129. The van der Waals surface area contributed by atoms with Gasteiger partial charge in [-0.3, -0.25) is 9.59 Å². The van der Waals surface area contributed by atoms with Gasteiger partial charge in [-0.05, 0) is 55.5 Å². The van der Waals surface area contributed by atoms with E-state index in [9.17, 15) is 14.0 Å². The fourth-order valence-corrected chi connectivity index (χ4v) is 2.54. The highest BCUT2D eigenvalue weighted by Crippen LogP contribution is 2.11. The van der Waals surface area contributed by atoms with Crippen molar-refractivity contribution in [3.05, 3.63) is 59.9 Å². The van der Waals surface area contributed by atoms with E-state index < -0.39 is 0 Å². The van der Waals surface area contributed by atoms with Crippen molar-refractivity contribution >= 4 is 17.5 Å². The van der Waals surface area contributed by atoms with Crippen molar-refractivity contribution in [1.29, 1.82) is 0 Å². The van der Waals surface area contributed by atoms with E-state index in [1.54, 1.807) is 0 Å². The molecule has 6 nitrogen and oxygen atoms in total. The molecule has 0 saturated carbocycles. The molecule has 1 atom stereocenters. The molecular weight excluding hydrogens is 349 g/mol. The predicted octanol–water partition coefficient (Wildman–Crippen LogP) is 0.994. The van der Waals surface area contributed by atoms with E-state index in [0.717, 1.165) is 16.2 Å². The molecule has 0 aliphatic heterocycles. The van der Waals surface area contributed by atoms with E-state index in [2.05, 4.69) is 10.6 Å². The van der Waals surface area contributed by atoms with E-state index in [-0.39, 0.29) is 30.7 Å². The lowest BCUT2D eigenvalue weighted by atomic mass is 10.2.